The fourth-order valence-corrected chi connectivity index (χ4v) is 2.67. The molecule has 0 saturated carbocycles. The van der Waals surface area contributed by atoms with E-state index in [0.29, 0.717) is 24.0 Å². The van der Waals surface area contributed by atoms with Crippen molar-refractivity contribution < 1.29 is 0 Å². The number of hydrogen-bond donors (Lipinski definition) is 2. The van der Waals surface area contributed by atoms with E-state index >= 15 is 0 Å². The van der Waals surface area contributed by atoms with Gasteiger partial charge in [-0.3, -0.25) is 4.68 Å². The first-order valence-corrected chi connectivity index (χ1v) is 8.34. The molecule has 122 valence electrons. The van der Waals surface area contributed by atoms with Crippen molar-refractivity contribution in [2.75, 3.05) is 5.32 Å². The summed E-state index contributed by atoms with van der Waals surface area (Å²) in [5.41, 5.74) is 2.27. The molecule has 0 radical (unpaired) electrons. The Morgan fingerprint density at radius 3 is 2.62 bits per heavy atom. The zero-order valence-corrected chi connectivity index (χ0v) is 14.5. The highest BCUT2D eigenvalue weighted by Gasteiger charge is 2.03. The molecule has 3 aromatic rings. The van der Waals surface area contributed by atoms with Crippen LogP contribution in [0.1, 0.15) is 11.1 Å². The van der Waals surface area contributed by atoms with Crippen molar-refractivity contribution in [3.8, 4) is 0 Å². The third-order valence-electron chi connectivity index (χ3n) is 3.41. The number of aromatic nitrogens is 2. The Kier molecular flexibility index (Phi) is 5.46. The molecule has 2 N–H and O–H groups in total. The van der Waals surface area contributed by atoms with Gasteiger partial charge < -0.3 is 10.6 Å². The van der Waals surface area contributed by atoms with Crippen LogP contribution >= 0.6 is 23.8 Å². The summed E-state index contributed by atoms with van der Waals surface area (Å²) >= 11 is 11.3. The smallest absolute Gasteiger partial charge is 0.172 e. The van der Waals surface area contributed by atoms with E-state index in [4.69, 9.17) is 23.8 Å². The lowest BCUT2D eigenvalue weighted by Crippen LogP contribution is -2.28. The van der Waals surface area contributed by atoms with Gasteiger partial charge >= 0.3 is 0 Å². The SMILES string of the molecule is S=C(NCc1ccccc1)Nc1ccn(Cc2cccc(Cl)c2)n1. The van der Waals surface area contributed by atoms with Crippen LogP contribution in [0.3, 0.4) is 0 Å². The third kappa shape index (κ3) is 4.81. The van der Waals surface area contributed by atoms with Crippen molar-refractivity contribution in [1.82, 2.24) is 15.1 Å². The number of hydrogen-bond acceptors (Lipinski definition) is 2. The van der Waals surface area contributed by atoms with Crippen molar-refractivity contribution in [2.45, 2.75) is 13.1 Å². The first-order valence-electron chi connectivity index (χ1n) is 7.56. The highest BCUT2D eigenvalue weighted by molar-refractivity contribution is 7.80. The molecule has 0 aliphatic heterocycles. The van der Waals surface area contributed by atoms with Crippen molar-refractivity contribution in [1.29, 1.82) is 0 Å². The average molecular weight is 357 g/mol. The summed E-state index contributed by atoms with van der Waals surface area (Å²) in [5, 5.41) is 12.0. The molecule has 1 heterocycles. The summed E-state index contributed by atoms with van der Waals surface area (Å²) < 4.78 is 1.84. The molecular weight excluding hydrogens is 340 g/mol. The second-order valence-corrected chi connectivity index (χ2v) is 6.17. The van der Waals surface area contributed by atoms with E-state index in [9.17, 15) is 0 Å². The van der Waals surface area contributed by atoms with E-state index in [1.54, 1.807) is 0 Å². The van der Waals surface area contributed by atoms with E-state index < -0.39 is 0 Å². The molecule has 24 heavy (non-hydrogen) atoms. The Labute approximate surface area is 151 Å². The van der Waals surface area contributed by atoms with Crippen LogP contribution in [-0.2, 0) is 13.1 Å². The number of thiocarbonyl (C=S) groups is 1. The molecule has 6 heteroatoms. The van der Waals surface area contributed by atoms with Gasteiger partial charge in [-0.05, 0) is 35.5 Å². The predicted octanol–water partition coefficient (Wildman–Crippen LogP) is 4.07. The molecule has 0 amide bonds. The Bertz CT molecular complexity index is 817. The Morgan fingerprint density at radius 2 is 1.83 bits per heavy atom. The zero-order chi connectivity index (χ0) is 16.8. The van der Waals surface area contributed by atoms with Gasteiger partial charge in [0.1, 0.15) is 0 Å². The number of nitrogens with one attached hydrogen (secondary N) is 2. The lowest BCUT2D eigenvalue weighted by molar-refractivity contribution is 0.690. The third-order valence-corrected chi connectivity index (χ3v) is 3.89. The minimum Gasteiger partial charge on any atom is -0.358 e. The Balaban J connectivity index is 1.53. The molecule has 0 saturated heterocycles. The lowest BCUT2D eigenvalue weighted by atomic mass is 10.2. The standard InChI is InChI=1S/C18H17ClN4S/c19-16-8-4-7-15(11-16)13-23-10-9-17(22-23)21-18(24)20-12-14-5-2-1-3-6-14/h1-11H,12-13H2,(H2,20,21,22,24). The number of halogens is 1. The number of anilines is 1. The monoisotopic (exact) mass is 356 g/mol. The second kappa shape index (κ2) is 7.95. The quantitative estimate of drug-likeness (QED) is 0.676. The van der Waals surface area contributed by atoms with Crippen LogP contribution in [0.15, 0.2) is 66.9 Å². The maximum atomic E-state index is 6.00. The molecule has 0 fully saturated rings. The molecule has 2 aromatic carbocycles. The minimum absolute atomic E-state index is 0.548. The maximum Gasteiger partial charge on any atom is 0.172 e. The van der Waals surface area contributed by atoms with Gasteiger partial charge in [0.25, 0.3) is 0 Å². The Hall–Kier alpha value is -2.37. The molecule has 4 nitrogen and oxygen atoms in total. The molecule has 1 aromatic heterocycles. The highest BCUT2D eigenvalue weighted by atomic mass is 35.5. The van der Waals surface area contributed by atoms with Crippen molar-refractivity contribution in [3.05, 3.63) is 83.0 Å². The molecule has 0 atom stereocenters. The molecule has 0 unspecified atom stereocenters. The van der Waals surface area contributed by atoms with Crippen molar-refractivity contribution in [3.63, 3.8) is 0 Å². The zero-order valence-electron chi connectivity index (χ0n) is 12.9. The van der Waals surface area contributed by atoms with Crippen LogP contribution in [0.25, 0.3) is 0 Å². The minimum atomic E-state index is 0.548. The van der Waals surface area contributed by atoms with Gasteiger partial charge in [-0.2, -0.15) is 5.10 Å². The maximum absolute atomic E-state index is 6.00. The lowest BCUT2D eigenvalue weighted by Gasteiger charge is -2.08. The van der Waals surface area contributed by atoms with E-state index in [0.717, 1.165) is 10.6 Å². The summed E-state index contributed by atoms with van der Waals surface area (Å²) in [5.74, 6) is 0.711. The summed E-state index contributed by atoms with van der Waals surface area (Å²) in [7, 11) is 0. The van der Waals surface area contributed by atoms with Gasteiger partial charge in [0.2, 0.25) is 0 Å². The van der Waals surface area contributed by atoms with Gasteiger partial charge in [-0.1, -0.05) is 54.1 Å². The van der Waals surface area contributed by atoms with Crippen LogP contribution in [0, 0.1) is 0 Å². The van der Waals surface area contributed by atoms with Gasteiger partial charge in [-0.25, -0.2) is 0 Å². The van der Waals surface area contributed by atoms with Crippen LogP contribution in [0.4, 0.5) is 5.82 Å². The summed E-state index contributed by atoms with van der Waals surface area (Å²) in [4.78, 5) is 0. The van der Waals surface area contributed by atoms with Crippen LogP contribution in [0.5, 0.6) is 0 Å². The number of rotatable bonds is 5. The molecule has 0 bridgehead atoms. The van der Waals surface area contributed by atoms with Crippen LogP contribution in [0.2, 0.25) is 5.02 Å². The van der Waals surface area contributed by atoms with Gasteiger partial charge in [0.15, 0.2) is 10.9 Å². The van der Waals surface area contributed by atoms with E-state index in [2.05, 4.69) is 27.9 Å². The molecule has 0 aliphatic rings. The first kappa shape index (κ1) is 16.5. The van der Waals surface area contributed by atoms with E-state index in [1.165, 1.54) is 5.56 Å². The van der Waals surface area contributed by atoms with Crippen molar-refractivity contribution >= 4 is 34.7 Å². The number of benzene rings is 2. The largest absolute Gasteiger partial charge is 0.358 e. The van der Waals surface area contributed by atoms with Crippen LogP contribution < -0.4 is 10.6 Å². The van der Waals surface area contributed by atoms with E-state index in [1.807, 2.05) is 59.4 Å². The van der Waals surface area contributed by atoms with Crippen molar-refractivity contribution in [2.24, 2.45) is 0 Å². The average Bonchev–Trinajstić information content (AvgIpc) is 3.01. The summed E-state index contributed by atoms with van der Waals surface area (Å²) in [6.45, 7) is 1.34. The second-order valence-electron chi connectivity index (χ2n) is 5.32. The first-order chi connectivity index (χ1) is 11.7. The molecule has 3 rings (SSSR count). The Morgan fingerprint density at radius 1 is 1.04 bits per heavy atom. The number of nitrogens with zero attached hydrogens (tertiary/aromatic N) is 2. The highest BCUT2D eigenvalue weighted by Crippen LogP contribution is 2.12. The summed E-state index contributed by atoms with van der Waals surface area (Å²) in [6.07, 6.45) is 1.91. The molecule has 0 spiro atoms. The molecule has 0 aliphatic carbocycles. The fourth-order valence-electron chi connectivity index (χ4n) is 2.28. The van der Waals surface area contributed by atoms with Gasteiger partial charge in [0, 0.05) is 23.8 Å². The molecular formula is C18H17ClN4S. The normalized spacial score (nSPS) is 10.4. The van der Waals surface area contributed by atoms with Crippen LogP contribution in [-0.4, -0.2) is 14.9 Å². The van der Waals surface area contributed by atoms with Gasteiger partial charge in [0.05, 0.1) is 6.54 Å². The predicted molar refractivity (Wildman–Crippen MR) is 102 cm³/mol. The van der Waals surface area contributed by atoms with Gasteiger partial charge in [-0.15, -0.1) is 0 Å². The fraction of sp³-hybridized carbons (Fsp3) is 0.111. The summed E-state index contributed by atoms with van der Waals surface area (Å²) in [6, 6.07) is 19.7. The van der Waals surface area contributed by atoms with E-state index in [-0.39, 0.29) is 0 Å². The topological polar surface area (TPSA) is 41.9 Å².